The SMILES string of the molecule is C=C1C(/C=C\C=C2/CCC[C@]3(C)[C@@H]([C@H](C)CCCC(C)(C)O)CC[C@@]23C)C[C@@H](O)C[C@@H]1OCCC1=N/C(=C\c2c(C)cc(C)n2B(F)F)C=C1. The van der Waals surface area contributed by atoms with Crippen LogP contribution in [0.15, 0.2) is 64.9 Å². The minimum absolute atomic E-state index is 0.0477. The van der Waals surface area contributed by atoms with Crippen molar-refractivity contribution in [3.05, 3.63) is 76.8 Å². The second-order valence-corrected chi connectivity index (χ2v) is 16.9. The predicted octanol–water partition coefficient (Wildman–Crippen LogP) is 10.00. The highest BCUT2D eigenvalue weighted by molar-refractivity contribution is 6.41. The Bertz CT molecular complexity index is 1550. The number of aliphatic hydroxyl groups is 2. The molecule has 274 valence electrons. The first kappa shape index (κ1) is 38.7. The maximum atomic E-state index is 13.6. The summed E-state index contributed by atoms with van der Waals surface area (Å²) < 4.78 is 34.6. The number of aliphatic hydroxyl groups excluding tert-OH is 1. The molecule has 5 rings (SSSR count). The zero-order valence-corrected chi connectivity index (χ0v) is 31.7. The van der Waals surface area contributed by atoms with Gasteiger partial charge in [0.15, 0.2) is 0 Å². The molecule has 1 aliphatic heterocycles. The van der Waals surface area contributed by atoms with Crippen molar-refractivity contribution in [2.24, 2.45) is 33.6 Å². The second kappa shape index (κ2) is 15.6. The van der Waals surface area contributed by atoms with Crippen LogP contribution in [0, 0.1) is 42.4 Å². The average Bonchev–Trinajstić information content (AvgIpc) is 3.67. The molecule has 1 aromatic heterocycles. The summed E-state index contributed by atoms with van der Waals surface area (Å²) in [4.78, 5) is 4.65. The van der Waals surface area contributed by atoms with Gasteiger partial charge in [0, 0.05) is 35.9 Å². The van der Waals surface area contributed by atoms with E-state index in [2.05, 4.69) is 50.6 Å². The summed E-state index contributed by atoms with van der Waals surface area (Å²) in [6.07, 6.45) is 22.6. The van der Waals surface area contributed by atoms with E-state index in [9.17, 15) is 18.8 Å². The van der Waals surface area contributed by atoms with Crippen molar-refractivity contribution in [1.82, 2.24) is 4.48 Å². The number of allylic oxidation sites excluding steroid dienone is 6. The highest BCUT2D eigenvalue weighted by Crippen LogP contribution is 2.67. The van der Waals surface area contributed by atoms with E-state index in [-0.39, 0.29) is 22.9 Å². The summed E-state index contributed by atoms with van der Waals surface area (Å²) in [5.41, 5.74) is 5.75. The summed E-state index contributed by atoms with van der Waals surface area (Å²) in [6, 6.07) is 1.77. The first-order chi connectivity index (χ1) is 23.5. The molecule has 5 nitrogen and oxygen atoms in total. The molecule has 2 N–H and O–H groups in total. The monoisotopic (exact) mass is 690 g/mol. The van der Waals surface area contributed by atoms with Crippen LogP contribution in [-0.2, 0) is 4.74 Å². The van der Waals surface area contributed by atoms with Gasteiger partial charge in [0.2, 0.25) is 0 Å². The van der Waals surface area contributed by atoms with Crippen molar-refractivity contribution >= 4 is 19.2 Å². The van der Waals surface area contributed by atoms with Gasteiger partial charge in [-0.15, -0.1) is 0 Å². The summed E-state index contributed by atoms with van der Waals surface area (Å²) in [5, 5.41) is 21.0. The normalized spacial score (nSPS) is 32.4. The minimum Gasteiger partial charge on any atom is -0.393 e. The highest BCUT2D eigenvalue weighted by atomic mass is 19.2. The zero-order valence-electron chi connectivity index (χ0n) is 31.7. The number of nitrogens with zero attached hydrogens (tertiary/aromatic N) is 2. The number of fused-ring (bicyclic) bond motifs is 1. The first-order valence-corrected chi connectivity index (χ1v) is 19.0. The molecule has 0 amide bonds. The summed E-state index contributed by atoms with van der Waals surface area (Å²) in [5.74, 6) is 1.40. The molecule has 1 unspecified atom stereocenters. The van der Waals surface area contributed by atoms with Crippen LogP contribution in [0.2, 0.25) is 0 Å². The summed E-state index contributed by atoms with van der Waals surface area (Å²) in [6.45, 7) is 19.7. The van der Waals surface area contributed by atoms with Gasteiger partial charge in [0.05, 0.1) is 30.1 Å². The van der Waals surface area contributed by atoms with Gasteiger partial charge in [-0.2, -0.15) is 0 Å². The number of aromatic nitrogens is 1. The van der Waals surface area contributed by atoms with E-state index < -0.39 is 19.1 Å². The van der Waals surface area contributed by atoms with Crippen LogP contribution in [0.3, 0.4) is 0 Å². The summed E-state index contributed by atoms with van der Waals surface area (Å²) in [7, 11) is -2.60. The number of hydrogen-bond acceptors (Lipinski definition) is 4. The van der Waals surface area contributed by atoms with E-state index in [1.54, 1.807) is 24.6 Å². The van der Waals surface area contributed by atoms with Crippen LogP contribution in [0.5, 0.6) is 0 Å². The Balaban J connectivity index is 1.17. The lowest BCUT2D eigenvalue weighted by Crippen LogP contribution is -2.43. The molecule has 1 aromatic rings. The van der Waals surface area contributed by atoms with Crippen LogP contribution >= 0.6 is 0 Å². The van der Waals surface area contributed by atoms with E-state index in [0.29, 0.717) is 54.8 Å². The molecular formula is C42H61BF2N2O3. The zero-order chi connectivity index (χ0) is 36.4. The molecule has 0 saturated heterocycles. The third-order valence-corrected chi connectivity index (χ3v) is 12.9. The molecule has 0 spiro atoms. The molecule has 3 aliphatic carbocycles. The molecule has 4 aliphatic rings. The van der Waals surface area contributed by atoms with Crippen LogP contribution < -0.4 is 0 Å². The lowest BCUT2D eigenvalue weighted by atomic mass is 9.53. The van der Waals surface area contributed by atoms with Gasteiger partial charge in [0.25, 0.3) is 0 Å². The quantitative estimate of drug-likeness (QED) is 0.160. The standard InChI is InChI=1S/C42H61BF2N2O3/c1-28(12-10-20-40(5,6)49)37-18-22-41(7)33(15-11-21-42(37,41)8)14-9-13-32-25-36(48)27-39(31(32)4)50-23-19-34-16-17-35(46-34)26-38-29(2)24-30(3)47(38)43(44)45/h9,13-14,16-17,24,26,28,32,36-37,39,48-49H,4,10-12,15,18-23,25,27H2,1-3,5-8H3/b13-9-,33-14+,35-26-/t28-,32?,36-,37-,39+,41+,42-/m1/s1. The molecule has 50 heavy (non-hydrogen) atoms. The van der Waals surface area contributed by atoms with E-state index >= 15 is 0 Å². The fourth-order valence-electron chi connectivity index (χ4n) is 9.83. The van der Waals surface area contributed by atoms with Crippen molar-refractivity contribution in [1.29, 1.82) is 0 Å². The van der Waals surface area contributed by atoms with Crippen LogP contribution in [-0.4, -0.2) is 52.2 Å². The molecule has 8 heteroatoms. The highest BCUT2D eigenvalue weighted by Gasteiger charge is 2.57. The fraction of sp³-hybridized carbons (Fsp3) is 0.643. The topological polar surface area (TPSA) is 67.0 Å². The van der Waals surface area contributed by atoms with Crippen LogP contribution in [0.4, 0.5) is 8.63 Å². The summed E-state index contributed by atoms with van der Waals surface area (Å²) >= 11 is 0. The third-order valence-electron chi connectivity index (χ3n) is 12.9. The Kier molecular flexibility index (Phi) is 12.1. The van der Waals surface area contributed by atoms with E-state index in [0.717, 1.165) is 40.6 Å². The van der Waals surface area contributed by atoms with Gasteiger partial charge in [-0.05, 0) is 131 Å². The Morgan fingerprint density at radius 1 is 1.20 bits per heavy atom. The molecule has 7 atom stereocenters. The molecule has 3 fully saturated rings. The van der Waals surface area contributed by atoms with Gasteiger partial charge in [-0.3, -0.25) is 13.6 Å². The van der Waals surface area contributed by atoms with E-state index in [1.807, 2.05) is 32.9 Å². The molecular weight excluding hydrogens is 629 g/mol. The van der Waals surface area contributed by atoms with Gasteiger partial charge >= 0.3 is 7.40 Å². The number of rotatable bonds is 13. The number of aryl methyl sites for hydroxylation is 2. The molecule has 0 radical (unpaired) electrons. The average molecular weight is 691 g/mol. The van der Waals surface area contributed by atoms with Crippen molar-refractivity contribution in [3.8, 4) is 0 Å². The number of aliphatic imine (C=N–C) groups is 1. The lowest BCUT2D eigenvalue weighted by molar-refractivity contribution is 0.0100. The smallest absolute Gasteiger partial charge is 0.393 e. The molecule has 0 aromatic carbocycles. The third kappa shape index (κ3) is 8.39. The number of ether oxygens (including phenoxy) is 1. The molecule has 3 saturated carbocycles. The maximum Gasteiger partial charge on any atom is 0.677 e. The number of halogens is 2. The van der Waals surface area contributed by atoms with Gasteiger partial charge in [0.1, 0.15) is 0 Å². The Labute approximate surface area is 300 Å². The van der Waals surface area contributed by atoms with E-state index in [4.69, 9.17) is 4.74 Å². The Morgan fingerprint density at radius 2 is 1.96 bits per heavy atom. The second-order valence-electron chi connectivity index (χ2n) is 16.9. The largest absolute Gasteiger partial charge is 0.677 e. The Hall–Kier alpha value is -2.55. The van der Waals surface area contributed by atoms with Crippen molar-refractivity contribution in [2.75, 3.05) is 6.61 Å². The van der Waals surface area contributed by atoms with E-state index in [1.165, 1.54) is 32.1 Å². The van der Waals surface area contributed by atoms with Crippen LogP contribution in [0.1, 0.15) is 122 Å². The fourth-order valence-corrected chi connectivity index (χ4v) is 9.83. The number of hydrogen-bond donors (Lipinski definition) is 2. The molecule has 2 heterocycles. The van der Waals surface area contributed by atoms with Crippen molar-refractivity contribution < 1.29 is 23.6 Å². The van der Waals surface area contributed by atoms with Gasteiger partial charge in [-0.1, -0.05) is 64.0 Å². The maximum absolute atomic E-state index is 13.6. The molecule has 0 bridgehead atoms. The van der Waals surface area contributed by atoms with Crippen LogP contribution in [0.25, 0.3) is 6.08 Å². The van der Waals surface area contributed by atoms with Gasteiger partial charge < -0.3 is 19.4 Å². The van der Waals surface area contributed by atoms with Crippen molar-refractivity contribution in [3.63, 3.8) is 0 Å². The lowest BCUT2D eigenvalue weighted by Gasteiger charge is -2.51. The van der Waals surface area contributed by atoms with Gasteiger partial charge in [-0.25, -0.2) is 0 Å². The van der Waals surface area contributed by atoms with Crippen molar-refractivity contribution in [2.45, 2.75) is 137 Å². The minimum atomic E-state index is -2.60. The first-order valence-electron chi connectivity index (χ1n) is 19.0. The predicted molar refractivity (Wildman–Crippen MR) is 203 cm³/mol. The Morgan fingerprint density at radius 3 is 2.68 bits per heavy atom.